The zero-order chi connectivity index (χ0) is 20.4. The van der Waals surface area contributed by atoms with Crippen molar-refractivity contribution in [2.45, 2.75) is 26.7 Å². The number of anilines is 2. The Kier molecular flexibility index (Phi) is 5.38. The van der Waals surface area contributed by atoms with Gasteiger partial charge in [-0.2, -0.15) is 0 Å². The number of amides is 1. The number of likely N-dealkylation sites (tertiary alicyclic amines) is 1. The summed E-state index contributed by atoms with van der Waals surface area (Å²) in [6.45, 7) is 5.86. The third-order valence-corrected chi connectivity index (χ3v) is 5.48. The van der Waals surface area contributed by atoms with Gasteiger partial charge in [0.25, 0.3) is 5.91 Å². The highest BCUT2D eigenvalue weighted by molar-refractivity contribution is 6.00. The van der Waals surface area contributed by atoms with E-state index in [0.29, 0.717) is 11.6 Å². The number of rotatable bonds is 4. The SMILES string of the molecule is COc1cccc(Nc2cc(C(=O)N3CCC[C@@H](C)C3)nc3ccc(C)cc23)c1. The number of nitrogens with one attached hydrogen (secondary N) is 1. The van der Waals surface area contributed by atoms with Gasteiger partial charge in [-0.15, -0.1) is 0 Å². The molecule has 1 aliphatic heterocycles. The van der Waals surface area contributed by atoms with E-state index in [1.165, 1.54) is 6.42 Å². The van der Waals surface area contributed by atoms with Gasteiger partial charge in [-0.05, 0) is 56.0 Å². The minimum absolute atomic E-state index is 0.00715. The van der Waals surface area contributed by atoms with Crippen LogP contribution in [0.3, 0.4) is 0 Å². The van der Waals surface area contributed by atoms with Crippen LogP contribution >= 0.6 is 0 Å². The van der Waals surface area contributed by atoms with Crippen LogP contribution in [0.1, 0.15) is 35.8 Å². The average Bonchev–Trinajstić information content (AvgIpc) is 2.73. The normalized spacial score (nSPS) is 16.7. The van der Waals surface area contributed by atoms with Crippen molar-refractivity contribution in [3.63, 3.8) is 0 Å². The van der Waals surface area contributed by atoms with Gasteiger partial charge in [0.2, 0.25) is 0 Å². The lowest BCUT2D eigenvalue weighted by atomic mass is 10.00. The molecule has 4 rings (SSSR count). The Bertz CT molecular complexity index is 1050. The lowest BCUT2D eigenvalue weighted by Crippen LogP contribution is -2.39. The number of aromatic nitrogens is 1. The minimum Gasteiger partial charge on any atom is -0.497 e. The number of hydrogen-bond acceptors (Lipinski definition) is 4. The molecule has 0 unspecified atom stereocenters. The summed E-state index contributed by atoms with van der Waals surface area (Å²) in [4.78, 5) is 19.8. The molecule has 1 N–H and O–H groups in total. The summed E-state index contributed by atoms with van der Waals surface area (Å²) in [6.07, 6.45) is 2.23. The van der Waals surface area contributed by atoms with Crippen LogP contribution in [-0.4, -0.2) is 36.0 Å². The van der Waals surface area contributed by atoms with E-state index in [9.17, 15) is 4.79 Å². The van der Waals surface area contributed by atoms with E-state index in [0.717, 1.165) is 53.1 Å². The number of methoxy groups -OCH3 is 1. The molecular formula is C24H27N3O2. The van der Waals surface area contributed by atoms with Crippen LogP contribution < -0.4 is 10.1 Å². The van der Waals surface area contributed by atoms with E-state index in [1.54, 1.807) is 7.11 Å². The Morgan fingerprint density at radius 3 is 2.86 bits per heavy atom. The zero-order valence-corrected chi connectivity index (χ0v) is 17.2. The van der Waals surface area contributed by atoms with Gasteiger partial charge in [0.15, 0.2) is 0 Å². The van der Waals surface area contributed by atoms with E-state index in [-0.39, 0.29) is 5.91 Å². The van der Waals surface area contributed by atoms with Crippen LogP contribution in [0.15, 0.2) is 48.5 Å². The Hall–Kier alpha value is -3.08. The lowest BCUT2D eigenvalue weighted by molar-refractivity contribution is 0.0677. The maximum Gasteiger partial charge on any atom is 0.272 e. The molecule has 0 bridgehead atoms. The second-order valence-corrected chi connectivity index (χ2v) is 7.93. The second-order valence-electron chi connectivity index (χ2n) is 7.93. The summed E-state index contributed by atoms with van der Waals surface area (Å²) < 4.78 is 5.34. The minimum atomic E-state index is 0.00715. The van der Waals surface area contributed by atoms with Crippen molar-refractivity contribution in [2.75, 3.05) is 25.5 Å². The molecule has 1 aliphatic rings. The standard InChI is InChI=1S/C24H27N3O2/c1-16-9-10-21-20(12-16)22(25-18-7-4-8-19(13-18)29-3)14-23(26-21)24(28)27-11-5-6-17(2)15-27/h4,7-10,12-14,17H,5-6,11,15H2,1-3H3,(H,25,26)/t17-/m1/s1. The van der Waals surface area contributed by atoms with Gasteiger partial charge in [-0.1, -0.05) is 24.6 Å². The highest BCUT2D eigenvalue weighted by Gasteiger charge is 2.24. The van der Waals surface area contributed by atoms with Crippen LogP contribution in [0.25, 0.3) is 10.9 Å². The molecule has 29 heavy (non-hydrogen) atoms. The number of hydrogen-bond donors (Lipinski definition) is 1. The Labute approximate surface area is 171 Å². The van der Waals surface area contributed by atoms with Gasteiger partial charge >= 0.3 is 0 Å². The molecule has 1 saturated heterocycles. The van der Waals surface area contributed by atoms with E-state index in [2.05, 4.69) is 25.2 Å². The van der Waals surface area contributed by atoms with Crippen LogP contribution in [0, 0.1) is 12.8 Å². The fraction of sp³-hybridized carbons (Fsp3) is 0.333. The van der Waals surface area contributed by atoms with Crippen molar-refractivity contribution >= 4 is 28.2 Å². The monoisotopic (exact) mass is 389 g/mol. The molecule has 0 radical (unpaired) electrons. The van der Waals surface area contributed by atoms with Crippen molar-refractivity contribution in [1.29, 1.82) is 0 Å². The van der Waals surface area contributed by atoms with Crippen molar-refractivity contribution in [3.05, 3.63) is 59.8 Å². The van der Waals surface area contributed by atoms with Crippen molar-refractivity contribution < 1.29 is 9.53 Å². The maximum atomic E-state index is 13.2. The van der Waals surface area contributed by atoms with Crippen molar-refractivity contribution in [3.8, 4) is 5.75 Å². The Morgan fingerprint density at radius 2 is 2.07 bits per heavy atom. The van der Waals surface area contributed by atoms with Gasteiger partial charge in [0, 0.05) is 30.2 Å². The molecule has 2 heterocycles. The summed E-state index contributed by atoms with van der Waals surface area (Å²) in [5.41, 5.74) is 4.23. The molecule has 150 valence electrons. The van der Waals surface area contributed by atoms with E-state index < -0.39 is 0 Å². The number of nitrogens with zero attached hydrogens (tertiary/aromatic N) is 2. The fourth-order valence-electron chi connectivity index (χ4n) is 3.94. The summed E-state index contributed by atoms with van der Waals surface area (Å²) in [7, 11) is 1.65. The van der Waals surface area contributed by atoms with Crippen LogP contribution in [-0.2, 0) is 0 Å². The highest BCUT2D eigenvalue weighted by atomic mass is 16.5. The lowest BCUT2D eigenvalue weighted by Gasteiger charge is -2.30. The van der Waals surface area contributed by atoms with Gasteiger partial charge in [0.05, 0.1) is 18.3 Å². The summed E-state index contributed by atoms with van der Waals surface area (Å²) >= 11 is 0. The number of fused-ring (bicyclic) bond motifs is 1. The third-order valence-electron chi connectivity index (χ3n) is 5.48. The van der Waals surface area contributed by atoms with E-state index in [4.69, 9.17) is 9.72 Å². The van der Waals surface area contributed by atoms with E-state index in [1.807, 2.05) is 47.4 Å². The van der Waals surface area contributed by atoms with Crippen LogP contribution in [0.2, 0.25) is 0 Å². The summed E-state index contributed by atoms with van der Waals surface area (Å²) in [6, 6.07) is 15.8. The summed E-state index contributed by atoms with van der Waals surface area (Å²) in [5.74, 6) is 1.32. The molecule has 2 aromatic carbocycles. The molecule has 1 atom stereocenters. The molecule has 0 spiro atoms. The second kappa shape index (κ2) is 8.11. The first-order valence-corrected chi connectivity index (χ1v) is 10.2. The number of benzene rings is 2. The summed E-state index contributed by atoms with van der Waals surface area (Å²) in [5, 5.41) is 4.46. The molecule has 1 fully saturated rings. The molecule has 1 amide bonds. The number of pyridine rings is 1. The topological polar surface area (TPSA) is 54.5 Å². The first kappa shape index (κ1) is 19.2. The smallest absolute Gasteiger partial charge is 0.272 e. The highest BCUT2D eigenvalue weighted by Crippen LogP contribution is 2.30. The molecule has 0 aliphatic carbocycles. The number of piperidine rings is 1. The Balaban J connectivity index is 1.75. The quantitative estimate of drug-likeness (QED) is 0.669. The van der Waals surface area contributed by atoms with Crippen LogP contribution in [0.5, 0.6) is 5.75 Å². The van der Waals surface area contributed by atoms with Gasteiger partial charge in [0.1, 0.15) is 11.4 Å². The molecule has 5 nitrogen and oxygen atoms in total. The molecule has 0 saturated carbocycles. The largest absolute Gasteiger partial charge is 0.497 e. The third kappa shape index (κ3) is 4.19. The maximum absolute atomic E-state index is 13.2. The number of carbonyl (C=O) groups excluding carboxylic acids is 1. The van der Waals surface area contributed by atoms with Crippen molar-refractivity contribution in [2.24, 2.45) is 5.92 Å². The Morgan fingerprint density at radius 1 is 1.21 bits per heavy atom. The molecular weight excluding hydrogens is 362 g/mol. The first-order valence-electron chi connectivity index (χ1n) is 10.2. The van der Waals surface area contributed by atoms with Gasteiger partial charge in [-0.25, -0.2) is 4.98 Å². The molecule has 5 heteroatoms. The first-order chi connectivity index (χ1) is 14.0. The average molecular weight is 389 g/mol. The van der Waals surface area contributed by atoms with E-state index >= 15 is 0 Å². The van der Waals surface area contributed by atoms with Gasteiger partial charge < -0.3 is 15.0 Å². The number of aryl methyl sites for hydroxylation is 1. The number of carbonyl (C=O) groups is 1. The zero-order valence-electron chi connectivity index (χ0n) is 17.2. The van der Waals surface area contributed by atoms with Crippen LogP contribution in [0.4, 0.5) is 11.4 Å². The van der Waals surface area contributed by atoms with Gasteiger partial charge in [-0.3, -0.25) is 4.79 Å². The molecule has 3 aromatic rings. The predicted octanol–water partition coefficient (Wildman–Crippen LogP) is 5.17. The predicted molar refractivity (Wildman–Crippen MR) is 117 cm³/mol. The fourth-order valence-corrected chi connectivity index (χ4v) is 3.94. The number of ether oxygens (including phenoxy) is 1. The van der Waals surface area contributed by atoms with Crippen molar-refractivity contribution in [1.82, 2.24) is 9.88 Å². The molecule has 1 aromatic heterocycles.